The van der Waals surface area contributed by atoms with Crippen molar-refractivity contribution in [2.45, 2.75) is 32.4 Å². The summed E-state index contributed by atoms with van der Waals surface area (Å²) in [7, 11) is 6.66. The third-order valence-corrected chi connectivity index (χ3v) is 6.57. The standard InChI is InChI=1S/C29H32N2O5/c1-18(32)30-23-13-11-20-15-26(34-3)28(35-4)29(36-5)27(20)21-12-14-24(25(33)16-22(21)23)31(2)17-19-9-7-6-8-10-19/h6-10,12,14-16,23H,11,13,17H2,1-5H3,(H,30,32)/t23-/m0/s1. The lowest BCUT2D eigenvalue weighted by molar-refractivity contribution is -0.119. The van der Waals surface area contributed by atoms with Crippen LogP contribution in [0.5, 0.6) is 17.2 Å². The summed E-state index contributed by atoms with van der Waals surface area (Å²) in [4.78, 5) is 27.6. The molecule has 1 aliphatic rings. The molecular weight excluding hydrogens is 456 g/mol. The molecule has 0 radical (unpaired) electrons. The van der Waals surface area contributed by atoms with E-state index in [2.05, 4.69) is 5.32 Å². The van der Waals surface area contributed by atoms with Crippen molar-refractivity contribution in [2.75, 3.05) is 33.3 Å². The van der Waals surface area contributed by atoms with E-state index < -0.39 is 0 Å². The third-order valence-electron chi connectivity index (χ3n) is 6.57. The number of rotatable bonds is 7. The summed E-state index contributed by atoms with van der Waals surface area (Å²) in [5, 5.41) is 3.04. The largest absolute Gasteiger partial charge is 0.493 e. The molecule has 3 aromatic carbocycles. The van der Waals surface area contributed by atoms with Gasteiger partial charge in [0.25, 0.3) is 0 Å². The fourth-order valence-corrected chi connectivity index (χ4v) is 4.96. The number of hydrogen-bond acceptors (Lipinski definition) is 6. The van der Waals surface area contributed by atoms with Crippen LogP contribution in [-0.4, -0.2) is 34.3 Å². The number of methoxy groups -OCH3 is 3. The number of anilines is 1. The number of carbonyl (C=O) groups excluding carboxylic acids is 1. The number of carbonyl (C=O) groups is 1. The third kappa shape index (κ3) is 4.87. The Morgan fingerprint density at radius 2 is 1.72 bits per heavy atom. The van der Waals surface area contributed by atoms with E-state index in [-0.39, 0.29) is 17.4 Å². The minimum atomic E-state index is -0.334. The van der Waals surface area contributed by atoms with E-state index in [4.69, 9.17) is 14.2 Å². The molecule has 0 bridgehead atoms. The minimum Gasteiger partial charge on any atom is -0.493 e. The van der Waals surface area contributed by atoms with Crippen LogP contribution in [0.2, 0.25) is 0 Å². The number of nitrogens with one attached hydrogen (secondary N) is 1. The highest BCUT2D eigenvalue weighted by Crippen LogP contribution is 2.50. The van der Waals surface area contributed by atoms with Gasteiger partial charge in [0.1, 0.15) is 0 Å². The zero-order chi connectivity index (χ0) is 25.8. The summed E-state index contributed by atoms with van der Waals surface area (Å²) in [6, 6.07) is 17.1. The normalized spacial score (nSPS) is 14.1. The van der Waals surface area contributed by atoms with Crippen LogP contribution in [0.15, 0.2) is 59.4 Å². The van der Waals surface area contributed by atoms with Crippen LogP contribution in [0.3, 0.4) is 0 Å². The highest BCUT2D eigenvalue weighted by Gasteiger charge is 2.29. The maximum atomic E-state index is 13.5. The minimum absolute atomic E-state index is 0.118. The van der Waals surface area contributed by atoms with Crippen molar-refractivity contribution in [1.29, 1.82) is 0 Å². The number of nitrogens with zero attached hydrogens (tertiary/aromatic N) is 1. The van der Waals surface area contributed by atoms with Gasteiger partial charge in [0, 0.05) is 26.1 Å². The van der Waals surface area contributed by atoms with E-state index in [1.807, 2.05) is 60.5 Å². The van der Waals surface area contributed by atoms with Crippen molar-refractivity contribution in [2.24, 2.45) is 0 Å². The quantitative estimate of drug-likeness (QED) is 0.528. The van der Waals surface area contributed by atoms with Gasteiger partial charge in [-0.1, -0.05) is 36.4 Å². The molecule has 7 heteroatoms. The van der Waals surface area contributed by atoms with E-state index in [0.29, 0.717) is 42.3 Å². The number of aryl methyl sites for hydroxylation is 1. The summed E-state index contributed by atoms with van der Waals surface area (Å²) in [6.45, 7) is 2.08. The number of amides is 1. The molecule has 0 spiro atoms. The Morgan fingerprint density at radius 3 is 2.36 bits per heavy atom. The van der Waals surface area contributed by atoms with Crippen LogP contribution < -0.4 is 29.9 Å². The smallest absolute Gasteiger partial charge is 0.217 e. The van der Waals surface area contributed by atoms with Crippen LogP contribution in [0, 0.1) is 0 Å². The number of benzene rings is 2. The molecule has 0 aromatic heterocycles. The van der Waals surface area contributed by atoms with Crippen molar-refractivity contribution in [3.8, 4) is 28.4 Å². The second-order valence-electron chi connectivity index (χ2n) is 8.91. The maximum absolute atomic E-state index is 13.5. The first-order valence-corrected chi connectivity index (χ1v) is 11.9. The Morgan fingerprint density at radius 1 is 1.00 bits per heavy atom. The summed E-state index contributed by atoms with van der Waals surface area (Å²) >= 11 is 0. The molecule has 0 aliphatic heterocycles. The Kier molecular flexibility index (Phi) is 7.48. The lowest BCUT2D eigenvalue weighted by atomic mass is 9.95. The van der Waals surface area contributed by atoms with Gasteiger partial charge >= 0.3 is 0 Å². The molecular formula is C29H32N2O5. The van der Waals surface area contributed by atoms with Crippen LogP contribution in [0.4, 0.5) is 5.69 Å². The first-order chi connectivity index (χ1) is 17.4. The molecule has 0 saturated carbocycles. The molecule has 3 aromatic rings. The first-order valence-electron chi connectivity index (χ1n) is 11.9. The Hall–Kier alpha value is -4.00. The summed E-state index contributed by atoms with van der Waals surface area (Å²) in [5.74, 6) is 1.44. The zero-order valence-corrected chi connectivity index (χ0v) is 21.4. The molecule has 36 heavy (non-hydrogen) atoms. The molecule has 1 aliphatic carbocycles. The SMILES string of the molecule is COc1cc2c(c(OC)c1OC)-c1ccc(N(C)Cc3ccccc3)c(=O)cc1[C@@H](NC(C)=O)CC2. The lowest BCUT2D eigenvalue weighted by Crippen LogP contribution is -2.27. The average Bonchev–Trinajstić information content (AvgIpc) is 3.12. The Balaban J connectivity index is 1.95. The number of hydrogen-bond donors (Lipinski definition) is 1. The van der Waals surface area contributed by atoms with Gasteiger partial charge in [0.2, 0.25) is 17.1 Å². The topological polar surface area (TPSA) is 77.1 Å². The van der Waals surface area contributed by atoms with Crippen LogP contribution in [0.1, 0.15) is 36.1 Å². The van der Waals surface area contributed by atoms with Crippen LogP contribution in [-0.2, 0) is 17.8 Å². The molecule has 0 saturated heterocycles. The summed E-state index contributed by atoms with van der Waals surface area (Å²) in [5.41, 5.74) is 4.95. The first kappa shape index (κ1) is 25.1. The van der Waals surface area contributed by atoms with Crippen LogP contribution in [0.25, 0.3) is 11.1 Å². The van der Waals surface area contributed by atoms with Gasteiger partial charge < -0.3 is 24.4 Å². The fourth-order valence-electron chi connectivity index (χ4n) is 4.96. The lowest BCUT2D eigenvalue weighted by Gasteiger charge is -2.19. The van der Waals surface area contributed by atoms with Crippen molar-refractivity contribution in [3.63, 3.8) is 0 Å². The second kappa shape index (κ2) is 10.7. The molecule has 7 nitrogen and oxygen atoms in total. The molecule has 188 valence electrons. The van der Waals surface area contributed by atoms with Crippen molar-refractivity contribution < 1.29 is 19.0 Å². The molecule has 0 fully saturated rings. The predicted molar refractivity (Wildman–Crippen MR) is 141 cm³/mol. The van der Waals surface area contributed by atoms with Crippen LogP contribution >= 0.6 is 0 Å². The van der Waals surface area contributed by atoms with Gasteiger partial charge in [-0.05, 0) is 53.3 Å². The van der Waals surface area contributed by atoms with E-state index in [1.165, 1.54) is 6.92 Å². The Bertz CT molecular complexity index is 1320. The van der Waals surface area contributed by atoms with Crippen molar-refractivity contribution in [3.05, 3.63) is 81.5 Å². The van der Waals surface area contributed by atoms with Gasteiger partial charge in [0.05, 0.1) is 33.1 Å². The van der Waals surface area contributed by atoms with Crippen molar-refractivity contribution >= 4 is 11.6 Å². The van der Waals surface area contributed by atoms with Gasteiger partial charge in [0.15, 0.2) is 11.5 Å². The van der Waals surface area contributed by atoms with Gasteiger partial charge in [-0.2, -0.15) is 0 Å². The van der Waals surface area contributed by atoms with E-state index in [1.54, 1.807) is 27.4 Å². The molecule has 4 rings (SSSR count). The number of fused-ring (bicyclic) bond motifs is 3. The van der Waals surface area contributed by atoms with E-state index in [9.17, 15) is 9.59 Å². The Labute approximate surface area is 211 Å². The molecule has 1 atom stereocenters. The second-order valence-corrected chi connectivity index (χ2v) is 8.91. The van der Waals surface area contributed by atoms with Gasteiger partial charge in [-0.15, -0.1) is 0 Å². The van der Waals surface area contributed by atoms with E-state index >= 15 is 0 Å². The fraction of sp³-hybridized carbons (Fsp3) is 0.310. The highest BCUT2D eigenvalue weighted by molar-refractivity contribution is 5.83. The van der Waals surface area contributed by atoms with Gasteiger partial charge in [-0.3, -0.25) is 9.59 Å². The monoisotopic (exact) mass is 488 g/mol. The summed E-state index contributed by atoms with van der Waals surface area (Å²) in [6.07, 6.45) is 1.28. The molecule has 0 heterocycles. The number of ether oxygens (including phenoxy) is 3. The predicted octanol–water partition coefficient (Wildman–Crippen LogP) is 4.50. The molecule has 1 N–H and O–H groups in total. The zero-order valence-electron chi connectivity index (χ0n) is 21.4. The average molecular weight is 489 g/mol. The van der Waals surface area contributed by atoms with Gasteiger partial charge in [-0.25, -0.2) is 0 Å². The molecule has 0 unspecified atom stereocenters. The van der Waals surface area contributed by atoms with Crippen molar-refractivity contribution in [1.82, 2.24) is 5.32 Å². The van der Waals surface area contributed by atoms with E-state index in [0.717, 1.165) is 27.8 Å². The maximum Gasteiger partial charge on any atom is 0.217 e. The molecule has 1 amide bonds. The highest BCUT2D eigenvalue weighted by atomic mass is 16.5. The summed E-state index contributed by atoms with van der Waals surface area (Å²) < 4.78 is 17.1.